The number of aliphatic imine (C=N–C) groups is 2. The zero-order valence-corrected chi connectivity index (χ0v) is 18.3. The van der Waals surface area contributed by atoms with Crippen molar-refractivity contribution in [2.24, 2.45) is 15.7 Å². The Bertz CT molecular complexity index is 1300. The molecule has 0 aliphatic carbocycles. The third-order valence-electron chi connectivity index (χ3n) is 5.41. The van der Waals surface area contributed by atoms with Crippen molar-refractivity contribution in [3.63, 3.8) is 0 Å². The number of halogens is 1. The van der Waals surface area contributed by atoms with Gasteiger partial charge in [0.1, 0.15) is 11.7 Å². The van der Waals surface area contributed by atoms with E-state index in [1.54, 1.807) is 30.7 Å². The SMILES string of the molecule is C=N/C=C\N1CCN/C(=C\C(N)=Nc2cc3cc(-c4cncc(N)c4C)cc(F)c3cn2)C1. The molecular formula is C24H25FN8. The van der Waals surface area contributed by atoms with Gasteiger partial charge in [-0.05, 0) is 48.4 Å². The van der Waals surface area contributed by atoms with E-state index in [2.05, 4.69) is 36.9 Å². The molecule has 0 atom stereocenters. The number of amidine groups is 1. The summed E-state index contributed by atoms with van der Waals surface area (Å²) in [5.74, 6) is 0.305. The highest BCUT2D eigenvalue weighted by molar-refractivity contribution is 5.95. The number of nitrogens with zero attached hydrogens (tertiary/aromatic N) is 5. The number of fused-ring (bicyclic) bond motifs is 1. The number of pyridine rings is 2. The number of hydrogen-bond donors (Lipinski definition) is 3. The second-order valence-electron chi connectivity index (χ2n) is 7.71. The van der Waals surface area contributed by atoms with E-state index in [1.807, 2.05) is 19.2 Å². The Balaban J connectivity index is 1.64. The highest BCUT2D eigenvalue weighted by Crippen LogP contribution is 2.31. The number of benzene rings is 1. The van der Waals surface area contributed by atoms with E-state index in [-0.39, 0.29) is 5.82 Å². The Morgan fingerprint density at radius 3 is 2.94 bits per heavy atom. The van der Waals surface area contributed by atoms with Crippen LogP contribution in [-0.2, 0) is 0 Å². The fraction of sp³-hybridized carbons (Fsp3) is 0.167. The third kappa shape index (κ3) is 4.98. The molecule has 1 aliphatic heterocycles. The number of nitrogen functional groups attached to an aromatic ring is 1. The zero-order valence-electron chi connectivity index (χ0n) is 18.3. The molecule has 1 saturated heterocycles. The quantitative estimate of drug-likeness (QED) is 0.411. The molecule has 5 N–H and O–H groups in total. The summed E-state index contributed by atoms with van der Waals surface area (Å²) in [6, 6.07) is 5.05. The summed E-state index contributed by atoms with van der Waals surface area (Å²) < 4.78 is 14.8. The van der Waals surface area contributed by atoms with E-state index in [9.17, 15) is 4.39 Å². The minimum atomic E-state index is -0.379. The van der Waals surface area contributed by atoms with Crippen molar-refractivity contribution < 1.29 is 4.39 Å². The Labute approximate surface area is 191 Å². The van der Waals surface area contributed by atoms with Gasteiger partial charge >= 0.3 is 0 Å². The molecule has 0 spiro atoms. The van der Waals surface area contributed by atoms with E-state index >= 15 is 0 Å². The van der Waals surface area contributed by atoms with Crippen molar-refractivity contribution in [3.05, 3.63) is 72.3 Å². The number of rotatable bonds is 5. The second-order valence-corrected chi connectivity index (χ2v) is 7.71. The maximum absolute atomic E-state index is 14.8. The summed E-state index contributed by atoms with van der Waals surface area (Å²) in [5.41, 5.74) is 15.9. The topological polar surface area (TPSA) is 118 Å². The molecule has 0 unspecified atom stereocenters. The number of nitrogens with one attached hydrogen (secondary N) is 1. The molecule has 33 heavy (non-hydrogen) atoms. The van der Waals surface area contributed by atoms with Crippen LogP contribution in [0.5, 0.6) is 0 Å². The van der Waals surface area contributed by atoms with E-state index in [4.69, 9.17) is 11.5 Å². The maximum atomic E-state index is 14.8. The van der Waals surface area contributed by atoms with Gasteiger partial charge in [0.05, 0.1) is 18.4 Å². The van der Waals surface area contributed by atoms with Crippen molar-refractivity contribution in [1.29, 1.82) is 0 Å². The first-order valence-corrected chi connectivity index (χ1v) is 10.4. The molecule has 1 fully saturated rings. The van der Waals surface area contributed by atoms with E-state index in [0.29, 0.717) is 40.2 Å². The standard InChI is InChI=1S/C24H25FN8/c1-15-19(11-29-13-22(15)26)16-7-17-9-24(31-12-20(17)21(25)8-16)32-23(27)10-18-14-33(5-3-28-2)6-4-30-18/h3,5,7-13,30H,2,4,6,14,26H2,1H3,(H2,27,31,32)/b5-3-,18-10-. The molecule has 9 heteroatoms. The first kappa shape index (κ1) is 21.9. The van der Waals surface area contributed by atoms with Gasteiger partial charge in [-0.25, -0.2) is 14.4 Å². The molecule has 1 aromatic carbocycles. The van der Waals surface area contributed by atoms with E-state index in [0.717, 1.165) is 29.9 Å². The largest absolute Gasteiger partial charge is 0.397 e. The molecule has 0 saturated carbocycles. The Morgan fingerprint density at radius 1 is 1.27 bits per heavy atom. The summed E-state index contributed by atoms with van der Waals surface area (Å²) in [6.07, 6.45) is 10.0. The minimum Gasteiger partial charge on any atom is -0.397 e. The zero-order chi connectivity index (χ0) is 23.4. The molecule has 0 radical (unpaired) electrons. The van der Waals surface area contributed by atoms with Crippen LogP contribution >= 0.6 is 0 Å². The molecule has 168 valence electrons. The van der Waals surface area contributed by atoms with Crippen LogP contribution in [0, 0.1) is 12.7 Å². The predicted octanol–water partition coefficient (Wildman–Crippen LogP) is 3.28. The van der Waals surface area contributed by atoms with Crippen molar-refractivity contribution in [3.8, 4) is 11.1 Å². The highest BCUT2D eigenvalue weighted by Gasteiger charge is 2.12. The normalized spacial score (nSPS) is 15.9. The molecule has 3 heterocycles. The lowest BCUT2D eigenvalue weighted by atomic mass is 9.99. The third-order valence-corrected chi connectivity index (χ3v) is 5.41. The van der Waals surface area contributed by atoms with Gasteiger partial charge in [-0.15, -0.1) is 0 Å². The van der Waals surface area contributed by atoms with Crippen molar-refractivity contribution in [2.75, 3.05) is 25.4 Å². The number of nitrogens with two attached hydrogens (primary N) is 2. The van der Waals surface area contributed by atoms with Gasteiger partial charge in [0.25, 0.3) is 0 Å². The maximum Gasteiger partial charge on any atom is 0.154 e. The molecule has 0 bridgehead atoms. The fourth-order valence-electron chi connectivity index (χ4n) is 3.67. The minimum absolute atomic E-state index is 0.296. The molecule has 1 aliphatic rings. The number of hydrogen-bond acceptors (Lipinski definition) is 7. The Hall–Kier alpha value is -4.27. The predicted molar refractivity (Wildman–Crippen MR) is 132 cm³/mol. The van der Waals surface area contributed by atoms with E-state index in [1.165, 1.54) is 12.3 Å². The monoisotopic (exact) mass is 444 g/mol. The van der Waals surface area contributed by atoms with Gasteiger partial charge in [-0.3, -0.25) is 9.98 Å². The van der Waals surface area contributed by atoms with Crippen LogP contribution in [0.25, 0.3) is 21.9 Å². The summed E-state index contributed by atoms with van der Waals surface area (Å²) in [6.45, 7) is 7.60. The second kappa shape index (κ2) is 9.47. The highest BCUT2D eigenvalue weighted by atomic mass is 19.1. The first-order chi connectivity index (χ1) is 15.9. The summed E-state index contributed by atoms with van der Waals surface area (Å²) in [4.78, 5) is 18.6. The average Bonchev–Trinajstić information content (AvgIpc) is 2.79. The number of aromatic nitrogens is 2. The lowest BCUT2D eigenvalue weighted by molar-refractivity contribution is 0.359. The van der Waals surface area contributed by atoms with Gasteiger partial charge in [0.15, 0.2) is 5.82 Å². The van der Waals surface area contributed by atoms with Gasteiger partial charge < -0.3 is 21.7 Å². The van der Waals surface area contributed by atoms with Crippen LogP contribution in [0.15, 0.2) is 70.9 Å². The van der Waals surface area contributed by atoms with Crippen LogP contribution in [0.2, 0.25) is 0 Å². The first-order valence-electron chi connectivity index (χ1n) is 10.4. The van der Waals surface area contributed by atoms with Crippen molar-refractivity contribution >= 4 is 34.8 Å². The average molecular weight is 445 g/mol. The molecule has 0 amide bonds. The Kier molecular flexibility index (Phi) is 6.30. The summed E-state index contributed by atoms with van der Waals surface area (Å²) in [5, 5.41) is 4.36. The number of anilines is 1. The van der Waals surface area contributed by atoms with E-state index < -0.39 is 0 Å². The van der Waals surface area contributed by atoms with Crippen LogP contribution in [0.4, 0.5) is 15.9 Å². The molecule has 3 aromatic rings. The molecule has 2 aromatic heterocycles. The van der Waals surface area contributed by atoms with Gasteiger partial charge in [0.2, 0.25) is 0 Å². The lowest BCUT2D eigenvalue weighted by Gasteiger charge is -2.28. The van der Waals surface area contributed by atoms with Crippen LogP contribution in [0.1, 0.15) is 5.56 Å². The van der Waals surface area contributed by atoms with Crippen molar-refractivity contribution in [2.45, 2.75) is 6.92 Å². The van der Waals surface area contributed by atoms with Crippen LogP contribution < -0.4 is 16.8 Å². The summed E-state index contributed by atoms with van der Waals surface area (Å²) >= 11 is 0. The lowest BCUT2D eigenvalue weighted by Crippen LogP contribution is -2.39. The smallest absolute Gasteiger partial charge is 0.154 e. The summed E-state index contributed by atoms with van der Waals surface area (Å²) in [7, 11) is 0. The molecule has 4 rings (SSSR count). The van der Waals surface area contributed by atoms with Gasteiger partial charge in [-0.2, -0.15) is 0 Å². The fourth-order valence-corrected chi connectivity index (χ4v) is 3.67. The van der Waals surface area contributed by atoms with Gasteiger partial charge in [0, 0.05) is 60.6 Å². The number of piperazine rings is 1. The molecule has 8 nitrogen and oxygen atoms in total. The Morgan fingerprint density at radius 2 is 2.12 bits per heavy atom. The molecular weight excluding hydrogens is 419 g/mol. The van der Waals surface area contributed by atoms with Crippen LogP contribution in [-0.4, -0.2) is 47.1 Å². The van der Waals surface area contributed by atoms with Gasteiger partial charge in [-0.1, -0.05) is 0 Å². The van der Waals surface area contributed by atoms with Crippen molar-refractivity contribution in [1.82, 2.24) is 20.2 Å². The van der Waals surface area contributed by atoms with Crippen LogP contribution in [0.3, 0.4) is 0 Å².